The van der Waals surface area contributed by atoms with Crippen LogP contribution in [-0.2, 0) is 6.54 Å². The van der Waals surface area contributed by atoms with E-state index < -0.39 is 0 Å². The Morgan fingerprint density at radius 3 is 1.73 bits per heavy atom. The van der Waals surface area contributed by atoms with Crippen LogP contribution in [0.25, 0.3) is 21.8 Å². The highest BCUT2D eigenvalue weighted by Crippen LogP contribution is 2.39. The average Bonchev–Trinajstić information content (AvgIpc) is 2.79. The molecule has 0 aliphatic heterocycles. The summed E-state index contributed by atoms with van der Waals surface area (Å²) in [5, 5.41) is 4.10. The van der Waals surface area contributed by atoms with Crippen molar-refractivity contribution in [3.63, 3.8) is 0 Å². The first-order valence-electron chi connectivity index (χ1n) is 6.69. The number of fused-ring (bicyclic) bond motifs is 3. The smallest absolute Gasteiger partial charge is 0.139 e. The minimum Gasteiger partial charge on any atom is -0.495 e. The van der Waals surface area contributed by atoms with Crippen LogP contribution in [0.5, 0.6) is 11.5 Å². The van der Waals surface area contributed by atoms with Crippen molar-refractivity contribution in [2.45, 2.75) is 6.54 Å². The lowest BCUT2D eigenvalue weighted by Crippen LogP contribution is -1.99. The number of halogens is 3. The van der Waals surface area contributed by atoms with E-state index >= 15 is 0 Å². The highest BCUT2D eigenvalue weighted by atomic mass is 79.9. The first-order valence-corrected chi connectivity index (χ1v) is 8.57. The normalized spacial score (nSPS) is 11.3. The van der Waals surface area contributed by atoms with Gasteiger partial charge in [-0.15, -0.1) is 0 Å². The van der Waals surface area contributed by atoms with E-state index in [9.17, 15) is 0 Å². The van der Waals surface area contributed by atoms with Crippen LogP contribution in [0.4, 0.5) is 0 Å². The second-order valence-corrected chi connectivity index (χ2v) is 6.46. The molecule has 6 heteroatoms. The molecule has 0 radical (unpaired) electrons. The van der Waals surface area contributed by atoms with E-state index in [2.05, 4.69) is 20.5 Å². The Labute approximate surface area is 146 Å². The van der Waals surface area contributed by atoms with Crippen molar-refractivity contribution in [3.8, 4) is 11.5 Å². The van der Waals surface area contributed by atoms with Crippen molar-refractivity contribution in [1.29, 1.82) is 0 Å². The van der Waals surface area contributed by atoms with Gasteiger partial charge in [-0.3, -0.25) is 0 Å². The molecule has 0 aliphatic carbocycles. The summed E-state index contributed by atoms with van der Waals surface area (Å²) in [4.78, 5) is 0. The van der Waals surface area contributed by atoms with Gasteiger partial charge >= 0.3 is 0 Å². The van der Waals surface area contributed by atoms with Gasteiger partial charge in [-0.05, 0) is 12.1 Å². The Morgan fingerprint density at radius 1 is 0.909 bits per heavy atom. The molecule has 3 aromatic rings. The fourth-order valence-electron chi connectivity index (χ4n) is 2.73. The van der Waals surface area contributed by atoms with Crippen LogP contribution in [-0.4, -0.2) is 24.1 Å². The zero-order valence-electron chi connectivity index (χ0n) is 12.1. The summed E-state index contributed by atoms with van der Waals surface area (Å²) in [7, 11) is 3.23. The molecule has 2 aromatic carbocycles. The van der Waals surface area contributed by atoms with Crippen LogP contribution in [0, 0.1) is 0 Å². The predicted molar refractivity (Wildman–Crippen MR) is 96.4 cm³/mol. The molecule has 1 aromatic heterocycles. The van der Waals surface area contributed by atoms with Gasteiger partial charge in [0.15, 0.2) is 0 Å². The lowest BCUT2D eigenvalue weighted by atomic mass is 10.1. The SMILES string of the molecule is COc1cc2c(cc1Cl)c1cc(Cl)c(OC)cc1n2CCBr. The van der Waals surface area contributed by atoms with Gasteiger partial charge < -0.3 is 14.0 Å². The lowest BCUT2D eigenvalue weighted by Gasteiger charge is -2.08. The molecule has 0 fully saturated rings. The van der Waals surface area contributed by atoms with E-state index in [0.717, 1.165) is 33.7 Å². The van der Waals surface area contributed by atoms with Crippen molar-refractivity contribution < 1.29 is 9.47 Å². The van der Waals surface area contributed by atoms with Gasteiger partial charge in [-0.25, -0.2) is 0 Å². The number of benzene rings is 2. The molecule has 0 bridgehead atoms. The molecule has 0 amide bonds. The summed E-state index contributed by atoms with van der Waals surface area (Å²) in [6, 6.07) is 7.76. The third kappa shape index (κ3) is 2.43. The summed E-state index contributed by atoms with van der Waals surface area (Å²) < 4.78 is 12.9. The fraction of sp³-hybridized carbons (Fsp3) is 0.250. The molecule has 3 rings (SSSR count). The largest absolute Gasteiger partial charge is 0.495 e. The Bertz CT molecular complexity index is 793. The number of aromatic nitrogens is 1. The van der Waals surface area contributed by atoms with Crippen LogP contribution in [0.3, 0.4) is 0 Å². The highest BCUT2D eigenvalue weighted by Gasteiger charge is 2.16. The maximum atomic E-state index is 6.29. The van der Waals surface area contributed by atoms with Crippen molar-refractivity contribution in [2.24, 2.45) is 0 Å². The monoisotopic (exact) mass is 401 g/mol. The van der Waals surface area contributed by atoms with Crippen molar-refractivity contribution in [1.82, 2.24) is 4.57 Å². The van der Waals surface area contributed by atoms with Crippen LogP contribution in [0.1, 0.15) is 0 Å². The van der Waals surface area contributed by atoms with E-state index in [-0.39, 0.29) is 0 Å². The average molecular weight is 403 g/mol. The van der Waals surface area contributed by atoms with E-state index in [0.29, 0.717) is 21.5 Å². The number of alkyl halides is 1. The molecule has 0 spiro atoms. The second kappa shape index (κ2) is 6.19. The van der Waals surface area contributed by atoms with Crippen molar-refractivity contribution in [2.75, 3.05) is 19.5 Å². The second-order valence-electron chi connectivity index (χ2n) is 4.85. The molecule has 0 atom stereocenters. The van der Waals surface area contributed by atoms with Gasteiger partial charge in [0, 0.05) is 34.8 Å². The zero-order valence-corrected chi connectivity index (χ0v) is 15.2. The van der Waals surface area contributed by atoms with Crippen LogP contribution < -0.4 is 9.47 Å². The molecule has 0 N–H and O–H groups in total. The third-order valence-electron chi connectivity index (χ3n) is 3.72. The molecule has 22 heavy (non-hydrogen) atoms. The number of ether oxygens (including phenoxy) is 2. The minimum absolute atomic E-state index is 0.583. The number of aryl methyl sites for hydroxylation is 1. The van der Waals surface area contributed by atoms with Crippen molar-refractivity contribution >= 4 is 60.9 Å². The molecular formula is C16H14BrCl2NO2. The Morgan fingerprint density at radius 2 is 1.36 bits per heavy atom. The van der Waals surface area contributed by atoms with E-state index in [1.54, 1.807) is 14.2 Å². The quantitative estimate of drug-likeness (QED) is 0.537. The van der Waals surface area contributed by atoms with Gasteiger partial charge in [0.25, 0.3) is 0 Å². The topological polar surface area (TPSA) is 23.4 Å². The lowest BCUT2D eigenvalue weighted by molar-refractivity contribution is 0.415. The molecule has 1 heterocycles. The Kier molecular flexibility index (Phi) is 4.44. The maximum Gasteiger partial charge on any atom is 0.139 e. The number of methoxy groups -OCH3 is 2. The standard InChI is InChI=1S/C16H14BrCl2NO2/c1-21-15-7-13-9(5-11(15)18)10-6-12(19)16(22-2)8-14(10)20(13)4-3-17/h5-8H,3-4H2,1-2H3. The van der Waals surface area contributed by atoms with Gasteiger partial charge in [0.2, 0.25) is 0 Å². The molecule has 0 saturated heterocycles. The molecular weight excluding hydrogens is 389 g/mol. The maximum absolute atomic E-state index is 6.29. The summed E-state index contributed by atoms with van der Waals surface area (Å²) >= 11 is 16.1. The highest BCUT2D eigenvalue weighted by molar-refractivity contribution is 9.09. The molecule has 0 unspecified atom stereocenters. The first-order chi connectivity index (χ1) is 10.6. The molecule has 116 valence electrons. The number of hydrogen-bond donors (Lipinski definition) is 0. The van der Waals surface area contributed by atoms with Crippen LogP contribution in [0.2, 0.25) is 10.0 Å². The summed E-state index contributed by atoms with van der Waals surface area (Å²) in [6.45, 7) is 0.815. The summed E-state index contributed by atoms with van der Waals surface area (Å²) in [5.41, 5.74) is 2.11. The van der Waals surface area contributed by atoms with Crippen molar-refractivity contribution in [3.05, 3.63) is 34.3 Å². The molecule has 3 nitrogen and oxygen atoms in total. The van der Waals surface area contributed by atoms with Crippen LogP contribution >= 0.6 is 39.1 Å². The van der Waals surface area contributed by atoms with Gasteiger partial charge in [0.1, 0.15) is 11.5 Å². The van der Waals surface area contributed by atoms with E-state index in [4.69, 9.17) is 32.7 Å². The van der Waals surface area contributed by atoms with Crippen LogP contribution in [0.15, 0.2) is 24.3 Å². The first kappa shape index (κ1) is 15.8. The van der Waals surface area contributed by atoms with Gasteiger partial charge in [0.05, 0.1) is 35.3 Å². The Hall–Kier alpha value is -1.10. The van der Waals surface area contributed by atoms with E-state index in [1.807, 2.05) is 24.3 Å². The zero-order chi connectivity index (χ0) is 15.9. The summed E-state index contributed by atoms with van der Waals surface area (Å²) in [6.07, 6.45) is 0. The minimum atomic E-state index is 0.583. The summed E-state index contributed by atoms with van der Waals surface area (Å²) in [5.74, 6) is 1.32. The van der Waals surface area contributed by atoms with Gasteiger partial charge in [-0.1, -0.05) is 39.1 Å². The third-order valence-corrected chi connectivity index (χ3v) is 4.67. The molecule has 0 aliphatic rings. The number of rotatable bonds is 4. The predicted octanol–water partition coefficient (Wildman–Crippen LogP) is 5.51. The Balaban J connectivity index is 2.45. The fourth-order valence-corrected chi connectivity index (χ4v) is 3.57. The number of hydrogen-bond acceptors (Lipinski definition) is 2. The molecule has 0 saturated carbocycles. The van der Waals surface area contributed by atoms with Gasteiger partial charge in [-0.2, -0.15) is 0 Å². The van der Waals surface area contributed by atoms with E-state index in [1.165, 1.54) is 0 Å². The number of nitrogens with zero attached hydrogens (tertiary/aromatic N) is 1.